The normalized spacial score (nSPS) is 16.2. The van der Waals surface area contributed by atoms with Crippen LogP contribution in [0.1, 0.15) is 60.8 Å². The zero-order valence-corrected chi connectivity index (χ0v) is 13.4. The predicted molar refractivity (Wildman–Crippen MR) is 72.0 cm³/mol. The second kappa shape index (κ2) is 6.26. The summed E-state index contributed by atoms with van der Waals surface area (Å²) in [6.07, 6.45) is 3.83. The van der Waals surface area contributed by atoms with Crippen molar-refractivity contribution in [1.29, 1.82) is 0 Å². The Morgan fingerprint density at radius 2 is 1.60 bits per heavy atom. The SMILES string of the molecule is CC(C)(C)CCC(CC(C)(C)C)O[SiH2]Cl. The molecule has 0 aromatic rings. The Kier molecular flexibility index (Phi) is 6.46. The van der Waals surface area contributed by atoms with E-state index in [0.29, 0.717) is 16.9 Å². The minimum Gasteiger partial charge on any atom is -0.405 e. The van der Waals surface area contributed by atoms with Crippen molar-refractivity contribution in [2.24, 2.45) is 10.8 Å². The highest BCUT2D eigenvalue weighted by atomic mass is 35.6. The molecular weight excluding hydrogens is 224 g/mol. The van der Waals surface area contributed by atoms with Gasteiger partial charge in [0, 0.05) is 6.10 Å². The van der Waals surface area contributed by atoms with Gasteiger partial charge in [0.2, 0.25) is 0 Å². The van der Waals surface area contributed by atoms with E-state index in [2.05, 4.69) is 41.5 Å². The first-order valence-corrected chi connectivity index (χ1v) is 8.53. The lowest BCUT2D eigenvalue weighted by Crippen LogP contribution is -2.23. The third kappa shape index (κ3) is 10.7. The van der Waals surface area contributed by atoms with Gasteiger partial charge in [-0.1, -0.05) is 41.5 Å². The quantitative estimate of drug-likeness (QED) is 0.532. The van der Waals surface area contributed by atoms with Gasteiger partial charge in [-0.05, 0) is 30.1 Å². The van der Waals surface area contributed by atoms with Crippen LogP contribution < -0.4 is 0 Å². The molecule has 0 N–H and O–H groups in total. The Balaban J connectivity index is 4.05. The highest BCUT2D eigenvalue weighted by Gasteiger charge is 2.21. The van der Waals surface area contributed by atoms with E-state index >= 15 is 0 Å². The zero-order valence-electron chi connectivity index (χ0n) is 11.2. The van der Waals surface area contributed by atoms with Gasteiger partial charge in [-0.15, -0.1) is 11.1 Å². The Morgan fingerprint density at radius 3 is 1.93 bits per heavy atom. The topological polar surface area (TPSA) is 9.23 Å². The number of rotatable bonds is 5. The fraction of sp³-hybridized carbons (Fsp3) is 1.00. The lowest BCUT2D eigenvalue weighted by atomic mass is 9.84. The first kappa shape index (κ1) is 15.5. The molecule has 3 heteroatoms. The molecule has 0 heterocycles. The zero-order chi connectivity index (χ0) is 12.1. The first-order valence-electron chi connectivity index (χ1n) is 5.82. The van der Waals surface area contributed by atoms with E-state index in [1.165, 1.54) is 6.42 Å². The molecule has 0 radical (unpaired) electrons. The summed E-state index contributed by atoms with van der Waals surface area (Å²) in [6.45, 7) is 13.6. The maximum absolute atomic E-state index is 5.79. The van der Waals surface area contributed by atoms with Crippen molar-refractivity contribution in [3.63, 3.8) is 0 Å². The van der Waals surface area contributed by atoms with Crippen LogP contribution in [0, 0.1) is 10.8 Å². The highest BCUT2D eigenvalue weighted by molar-refractivity contribution is 6.89. The van der Waals surface area contributed by atoms with Crippen LogP contribution in [0.25, 0.3) is 0 Å². The molecule has 92 valence electrons. The standard InChI is InChI=1S/C12H27ClOSi/c1-11(2,3)8-7-10(14-15-13)9-12(4,5)6/h10H,7-9,15H2,1-6H3. The summed E-state index contributed by atoms with van der Waals surface area (Å²) < 4.78 is 5.72. The molecule has 0 fully saturated rings. The summed E-state index contributed by atoms with van der Waals surface area (Å²) in [6, 6.07) is 0. The van der Waals surface area contributed by atoms with Crippen LogP contribution >= 0.6 is 11.1 Å². The fourth-order valence-corrected chi connectivity index (χ4v) is 2.61. The molecule has 0 saturated carbocycles. The molecule has 0 spiro atoms. The van der Waals surface area contributed by atoms with Gasteiger partial charge >= 0.3 is 0 Å². The van der Waals surface area contributed by atoms with Crippen molar-refractivity contribution in [3.05, 3.63) is 0 Å². The Hall–Kier alpha value is 0.467. The molecule has 0 aliphatic heterocycles. The van der Waals surface area contributed by atoms with E-state index < -0.39 is 9.07 Å². The minimum atomic E-state index is -0.794. The largest absolute Gasteiger partial charge is 0.405 e. The Morgan fingerprint density at radius 1 is 1.07 bits per heavy atom. The summed E-state index contributed by atoms with van der Waals surface area (Å²) in [5.41, 5.74) is 0.733. The van der Waals surface area contributed by atoms with Crippen LogP contribution in [0.15, 0.2) is 0 Å². The molecule has 0 aliphatic carbocycles. The van der Waals surface area contributed by atoms with E-state index in [0.717, 1.165) is 12.8 Å². The van der Waals surface area contributed by atoms with Gasteiger partial charge in [-0.3, -0.25) is 0 Å². The number of halogens is 1. The summed E-state index contributed by atoms with van der Waals surface area (Å²) in [4.78, 5) is 0. The maximum atomic E-state index is 5.79. The minimum absolute atomic E-state index is 0.336. The van der Waals surface area contributed by atoms with Crippen LogP contribution in [0.4, 0.5) is 0 Å². The average molecular weight is 251 g/mol. The van der Waals surface area contributed by atoms with Crippen LogP contribution in [-0.4, -0.2) is 15.2 Å². The fourth-order valence-electron chi connectivity index (χ4n) is 1.61. The van der Waals surface area contributed by atoms with Crippen molar-refractivity contribution in [2.75, 3.05) is 0 Å². The number of hydrogen-bond acceptors (Lipinski definition) is 1. The molecule has 0 aromatic carbocycles. The lowest BCUT2D eigenvalue weighted by molar-refractivity contribution is 0.130. The van der Waals surface area contributed by atoms with Crippen LogP contribution in [0.3, 0.4) is 0 Å². The van der Waals surface area contributed by atoms with E-state index in [1.54, 1.807) is 0 Å². The van der Waals surface area contributed by atoms with Gasteiger partial charge < -0.3 is 4.43 Å². The van der Waals surface area contributed by atoms with Crippen molar-refractivity contribution >= 4 is 20.2 Å². The first-order chi connectivity index (χ1) is 6.64. The summed E-state index contributed by atoms with van der Waals surface area (Å²) in [7, 11) is -0.794. The van der Waals surface area contributed by atoms with Crippen molar-refractivity contribution in [1.82, 2.24) is 0 Å². The Bertz CT molecular complexity index is 169. The van der Waals surface area contributed by atoms with E-state index in [4.69, 9.17) is 15.5 Å². The molecule has 0 aliphatic rings. The molecule has 0 saturated heterocycles. The second-order valence-corrected chi connectivity index (χ2v) is 7.97. The molecule has 1 unspecified atom stereocenters. The molecule has 1 atom stereocenters. The summed E-state index contributed by atoms with van der Waals surface area (Å²) in [5.74, 6) is 0. The van der Waals surface area contributed by atoms with Crippen LogP contribution in [0.2, 0.25) is 0 Å². The smallest absolute Gasteiger partial charge is 0.258 e. The highest BCUT2D eigenvalue weighted by Crippen LogP contribution is 2.28. The van der Waals surface area contributed by atoms with Gasteiger partial charge in [0.05, 0.1) is 0 Å². The van der Waals surface area contributed by atoms with Gasteiger partial charge in [0.15, 0.2) is 0 Å². The summed E-state index contributed by atoms with van der Waals surface area (Å²) >= 11 is 5.79. The molecule has 0 aromatic heterocycles. The van der Waals surface area contributed by atoms with Crippen LogP contribution in [-0.2, 0) is 4.43 Å². The van der Waals surface area contributed by atoms with Crippen molar-refractivity contribution in [3.8, 4) is 0 Å². The molecule has 0 amide bonds. The third-order valence-electron chi connectivity index (χ3n) is 2.36. The molecule has 0 bridgehead atoms. The van der Waals surface area contributed by atoms with Crippen molar-refractivity contribution < 1.29 is 4.43 Å². The van der Waals surface area contributed by atoms with E-state index in [1.807, 2.05) is 0 Å². The van der Waals surface area contributed by atoms with Gasteiger partial charge in [0.25, 0.3) is 9.07 Å². The van der Waals surface area contributed by atoms with E-state index in [9.17, 15) is 0 Å². The van der Waals surface area contributed by atoms with Crippen LogP contribution in [0.5, 0.6) is 0 Å². The Labute approximate surface area is 103 Å². The average Bonchev–Trinajstić information content (AvgIpc) is 1.96. The molecule has 15 heavy (non-hydrogen) atoms. The van der Waals surface area contributed by atoms with Crippen molar-refractivity contribution in [2.45, 2.75) is 66.9 Å². The molecule has 1 nitrogen and oxygen atoms in total. The van der Waals surface area contributed by atoms with Gasteiger partial charge in [-0.2, -0.15) is 0 Å². The summed E-state index contributed by atoms with van der Waals surface area (Å²) in [5, 5.41) is 0. The predicted octanol–water partition coefficient (Wildman–Crippen LogP) is 3.87. The van der Waals surface area contributed by atoms with E-state index in [-0.39, 0.29) is 0 Å². The number of hydrogen-bond donors (Lipinski definition) is 0. The maximum Gasteiger partial charge on any atom is 0.258 e. The third-order valence-corrected chi connectivity index (χ3v) is 3.33. The van der Waals surface area contributed by atoms with Gasteiger partial charge in [0.1, 0.15) is 0 Å². The second-order valence-electron chi connectivity index (χ2n) is 6.76. The molecular formula is C12H27ClOSi. The monoisotopic (exact) mass is 250 g/mol. The lowest BCUT2D eigenvalue weighted by Gasteiger charge is -2.28. The van der Waals surface area contributed by atoms with Gasteiger partial charge in [-0.25, -0.2) is 0 Å². The molecule has 0 rings (SSSR count).